The van der Waals surface area contributed by atoms with Gasteiger partial charge in [0.15, 0.2) is 5.75 Å². The van der Waals surface area contributed by atoms with Gasteiger partial charge in [0, 0.05) is 6.54 Å². The summed E-state index contributed by atoms with van der Waals surface area (Å²) in [5, 5.41) is 0. The number of pyridine rings is 1. The van der Waals surface area contributed by atoms with Crippen molar-refractivity contribution in [2.24, 2.45) is 5.73 Å². The molecule has 0 saturated heterocycles. The molecular formula is C8H7F6N3O. The van der Waals surface area contributed by atoms with E-state index in [9.17, 15) is 26.3 Å². The molecule has 1 rings (SSSR count). The highest BCUT2D eigenvalue weighted by Gasteiger charge is 2.37. The van der Waals surface area contributed by atoms with Crippen molar-refractivity contribution in [1.82, 2.24) is 4.98 Å². The summed E-state index contributed by atoms with van der Waals surface area (Å²) in [6, 6.07) is 0.250. The number of ether oxygens (including phenoxy) is 1. The Morgan fingerprint density at radius 1 is 1.17 bits per heavy atom. The van der Waals surface area contributed by atoms with E-state index in [2.05, 4.69) is 9.72 Å². The Labute approximate surface area is 96.5 Å². The van der Waals surface area contributed by atoms with Gasteiger partial charge in [-0.15, -0.1) is 13.2 Å². The third-order valence-electron chi connectivity index (χ3n) is 1.77. The molecule has 0 unspecified atom stereocenters. The lowest BCUT2D eigenvalue weighted by molar-refractivity contribution is -0.274. The Hall–Kier alpha value is -1.71. The number of nitrogens with two attached hydrogens (primary N) is 2. The van der Waals surface area contributed by atoms with Gasteiger partial charge in [0.1, 0.15) is 5.69 Å². The molecule has 0 spiro atoms. The van der Waals surface area contributed by atoms with E-state index in [1.54, 1.807) is 0 Å². The van der Waals surface area contributed by atoms with Crippen LogP contribution in [0.3, 0.4) is 0 Å². The quantitative estimate of drug-likeness (QED) is 0.810. The minimum atomic E-state index is -5.10. The lowest BCUT2D eigenvalue weighted by Gasteiger charge is -2.16. The highest BCUT2D eigenvalue weighted by atomic mass is 19.4. The summed E-state index contributed by atoms with van der Waals surface area (Å²) in [4.78, 5) is 2.95. The molecule has 0 amide bonds. The molecule has 0 aliphatic carbocycles. The molecule has 0 saturated carbocycles. The molecule has 1 heterocycles. The number of hydrogen-bond donors (Lipinski definition) is 2. The number of anilines is 1. The lowest BCUT2D eigenvalue weighted by Crippen LogP contribution is -2.21. The van der Waals surface area contributed by atoms with Gasteiger partial charge in [-0.1, -0.05) is 0 Å². The van der Waals surface area contributed by atoms with E-state index < -0.39 is 41.9 Å². The van der Waals surface area contributed by atoms with Crippen LogP contribution in [0.25, 0.3) is 0 Å². The third-order valence-corrected chi connectivity index (χ3v) is 1.77. The monoisotopic (exact) mass is 275 g/mol. The van der Waals surface area contributed by atoms with Crippen molar-refractivity contribution < 1.29 is 31.1 Å². The molecule has 102 valence electrons. The van der Waals surface area contributed by atoms with Crippen molar-refractivity contribution in [2.45, 2.75) is 19.1 Å². The molecule has 1 aromatic heterocycles. The van der Waals surface area contributed by atoms with Crippen LogP contribution in [0.2, 0.25) is 0 Å². The average Bonchev–Trinajstić information content (AvgIpc) is 2.17. The predicted octanol–water partition coefficient (Wildman–Crippen LogP) is 2.04. The van der Waals surface area contributed by atoms with Gasteiger partial charge in [-0.3, -0.25) is 0 Å². The van der Waals surface area contributed by atoms with Crippen LogP contribution in [0.1, 0.15) is 11.4 Å². The number of hydrogen-bond acceptors (Lipinski definition) is 4. The smallest absolute Gasteiger partial charge is 0.402 e. The van der Waals surface area contributed by atoms with Crippen LogP contribution >= 0.6 is 0 Å². The summed E-state index contributed by atoms with van der Waals surface area (Å²) in [7, 11) is 0. The molecule has 18 heavy (non-hydrogen) atoms. The Kier molecular flexibility index (Phi) is 3.60. The van der Waals surface area contributed by atoms with Crippen molar-refractivity contribution >= 4 is 5.69 Å². The highest BCUT2D eigenvalue weighted by Crippen LogP contribution is 2.36. The molecule has 4 nitrogen and oxygen atoms in total. The minimum Gasteiger partial charge on any atom is -0.402 e. The number of alkyl halides is 6. The topological polar surface area (TPSA) is 74.2 Å². The fraction of sp³-hybridized carbons (Fsp3) is 0.375. The zero-order chi connectivity index (χ0) is 14.1. The van der Waals surface area contributed by atoms with Crippen LogP contribution in [0.15, 0.2) is 6.07 Å². The van der Waals surface area contributed by atoms with Crippen LogP contribution in [0, 0.1) is 0 Å². The van der Waals surface area contributed by atoms with Gasteiger partial charge in [0.05, 0.1) is 11.4 Å². The molecule has 0 aliphatic rings. The van der Waals surface area contributed by atoms with Gasteiger partial charge in [-0.05, 0) is 6.07 Å². The van der Waals surface area contributed by atoms with E-state index in [0.29, 0.717) is 0 Å². The average molecular weight is 275 g/mol. The minimum absolute atomic E-state index is 0.250. The maximum absolute atomic E-state index is 12.3. The lowest BCUT2D eigenvalue weighted by atomic mass is 10.2. The van der Waals surface area contributed by atoms with Crippen LogP contribution in [0.4, 0.5) is 32.0 Å². The molecule has 1 aromatic rings. The number of nitrogens with zero attached hydrogens (tertiary/aromatic N) is 1. The maximum atomic E-state index is 12.3. The van der Waals surface area contributed by atoms with Gasteiger partial charge in [0.2, 0.25) is 0 Å². The molecule has 0 bridgehead atoms. The van der Waals surface area contributed by atoms with Gasteiger partial charge >= 0.3 is 12.5 Å². The molecule has 10 heteroatoms. The first-order chi connectivity index (χ1) is 8.04. The summed E-state index contributed by atoms with van der Waals surface area (Å²) in [6.45, 7) is -0.681. The van der Waals surface area contributed by atoms with E-state index in [1.165, 1.54) is 0 Å². The summed E-state index contributed by atoms with van der Waals surface area (Å²) in [6.07, 6.45) is -9.94. The summed E-state index contributed by atoms with van der Waals surface area (Å²) < 4.78 is 76.5. The first-order valence-electron chi connectivity index (χ1n) is 4.37. The first-order valence-corrected chi connectivity index (χ1v) is 4.37. The van der Waals surface area contributed by atoms with E-state index in [0.717, 1.165) is 0 Å². The molecule has 0 fully saturated rings. The number of nitrogen functional groups attached to an aromatic ring is 1. The molecule has 0 radical (unpaired) electrons. The molecule has 0 aromatic carbocycles. The first kappa shape index (κ1) is 14.4. The zero-order valence-electron chi connectivity index (χ0n) is 8.56. The van der Waals surface area contributed by atoms with E-state index >= 15 is 0 Å². The van der Waals surface area contributed by atoms with Crippen LogP contribution in [0.5, 0.6) is 5.75 Å². The molecular weight excluding hydrogens is 268 g/mol. The molecule has 0 atom stereocenters. The summed E-state index contributed by atoms with van der Waals surface area (Å²) in [5.74, 6) is -1.02. The summed E-state index contributed by atoms with van der Waals surface area (Å²) >= 11 is 0. The van der Waals surface area contributed by atoms with Gasteiger partial charge < -0.3 is 16.2 Å². The van der Waals surface area contributed by atoms with Gasteiger partial charge in [0.25, 0.3) is 0 Å². The largest absolute Gasteiger partial charge is 0.573 e. The zero-order valence-corrected chi connectivity index (χ0v) is 8.56. The Morgan fingerprint density at radius 2 is 1.72 bits per heavy atom. The number of halogens is 6. The fourth-order valence-electron chi connectivity index (χ4n) is 1.13. The van der Waals surface area contributed by atoms with Crippen LogP contribution in [-0.2, 0) is 12.7 Å². The SMILES string of the molecule is NCc1nc(C(F)(F)F)cc(N)c1OC(F)(F)F. The predicted molar refractivity (Wildman–Crippen MR) is 48.2 cm³/mol. The van der Waals surface area contributed by atoms with Crippen LogP contribution in [-0.4, -0.2) is 11.3 Å². The standard InChI is InChI=1S/C8H7F6N3O/c9-7(10,11)5-1-3(16)6(4(2-15)17-5)18-8(12,13)14/h1H,2,15H2,(H2,16,17). The van der Waals surface area contributed by atoms with Gasteiger partial charge in [-0.2, -0.15) is 13.2 Å². The van der Waals surface area contributed by atoms with Crippen LogP contribution < -0.4 is 16.2 Å². The second-order valence-electron chi connectivity index (χ2n) is 3.12. The van der Waals surface area contributed by atoms with E-state index in [1.807, 2.05) is 0 Å². The Balaban J connectivity index is 3.29. The van der Waals surface area contributed by atoms with E-state index in [4.69, 9.17) is 11.5 Å². The normalized spacial score (nSPS) is 12.6. The van der Waals surface area contributed by atoms with Crippen molar-refractivity contribution in [3.05, 3.63) is 17.5 Å². The highest BCUT2D eigenvalue weighted by molar-refractivity contribution is 5.56. The fourth-order valence-corrected chi connectivity index (χ4v) is 1.13. The van der Waals surface area contributed by atoms with Crippen molar-refractivity contribution in [1.29, 1.82) is 0 Å². The van der Waals surface area contributed by atoms with E-state index in [-0.39, 0.29) is 6.07 Å². The molecule has 4 N–H and O–H groups in total. The Bertz CT molecular complexity index is 442. The van der Waals surface area contributed by atoms with Crippen molar-refractivity contribution in [3.63, 3.8) is 0 Å². The van der Waals surface area contributed by atoms with Gasteiger partial charge in [-0.25, -0.2) is 4.98 Å². The summed E-state index contributed by atoms with van der Waals surface area (Å²) in [5.41, 5.74) is 7.10. The van der Waals surface area contributed by atoms with Crippen molar-refractivity contribution in [3.8, 4) is 5.75 Å². The third kappa shape index (κ3) is 3.39. The number of aromatic nitrogens is 1. The van der Waals surface area contributed by atoms with Crippen molar-refractivity contribution in [2.75, 3.05) is 5.73 Å². The number of rotatable bonds is 2. The molecule has 0 aliphatic heterocycles. The Morgan fingerprint density at radius 3 is 2.11 bits per heavy atom. The second kappa shape index (κ2) is 4.52. The second-order valence-corrected chi connectivity index (χ2v) is 3.12. The maximum Gasteiger partial charge on any atom is 0.573 e.